The van der Waals surface area contributed by atoms with E-state index in [0.717, 1.165) is 0 Å². The highest BCUT2D eigenvalue weighted by molar-refractivity contribution is 7.91. The average Bonchev–Trinajstić information content (AvgIpc) is 3.15. The molecule has 9 heteroatoms. The van der Waals surface area contributed by atoms with Gasteiger partial charge in [0, 0.05) is 17.1 Å². The van der Waals surface area contributed by atoms with Crippen LogP contribution >= 0.6 is 11.6 Å². The summed E-state index contributed by atoms with van der Waals surface area (Å²) in [5.41, 5.74) is 0.812. The van der Waals surface area contributed by atoms with Gasteiger partial charge >= 0.3 is 0 Å². The molecule has 0 saturated heterocycles. The normalized spacial score (nSPS) is 14.7. The van der Waals surface area contributed by atoms with Crippen molar-refractivity contribution in [2.75, 3.05) is 11.1 Å². The number of carbonyl (C=O) groups excluding carboxylic acids is 1. The smallest absolute Gasteiger partial charge is 0.274 e. The van der Waals surface area contributed by atoms with Gasteiger partial charge in [-0.2, -0.15) is 0 Å². The van der Waals surface area contributed by atoms with Crippen molar-refractivity contribution >= 4 is 33.0 Å². The van der Waals surface area contributed by atoms with Crippen LogP contribution in [0.25, 0.3) is 11.3 Å². The van der Waals surface area contributed by atoms with Crippen LogP contribution in [0.2, 0.25) is 5.02 Å². The first-order valence-electron chi connectivity index (χ1n) is 8.02. The van der Waals surface area contributed by atoms with Crippen molar-refractivity contribution in [3.05, 3.63) is 65.1 Å². The number of para-hydroxylation sites is 1. The molecule has 4 rings (SSSR count). The Morgan fingerprint density at radius 3 is 2.56 bits per heavy atom. The third-order valence-corrected chi connectivity index (χ3v) is 6.09. The van der Waals surface area contributed by atoms with Crippen LogP contribution in [0.5, 0.6) is 0 Å². The van der Waals surface area contributed by atoms with Gasteiger partial charge in [-0.25, -0.2) is 17.8 Å². The highest BCUT2D eigenvalue weighted by atomic mass is 35.5. The molecule has 138 valence electrons. The predicted molar refractivity (Wildman–Crippen MR) is 99.1 cm³/mol. The second-order valence-corrected chi connectivity index (χ2v) is 8.44. The fourth-order valence-electron chi connectivity index (χ4n) is 2.96. The Morgan fingerprint density at radius 1 is 1.15 bits per heavy atom. The summed E-state index contributed by atoms with van der Waals surface area (Å²) in [4.78, 5) is 17.1. The number of rotatable bonds is 3. The lowest BCUT2D eigenvalue weighted by Crippen LogP contribution is -2.18. The van der Waals surface area contributed by atoms with Gasteiger partial charge in [-0.05, 0) is 24.3 Å². The third kappa shape index (κ3) is 3.11. The van der Waals surface area contributed by atoms with E-state index in [4.69, 9.17) is 11.6 Å². The highest BCUT2D eigenvalue weighted by Gasteiger charge is 2.35. The third-order valence-electron chi connectivity index (χ3n) is 4.25. The Morgan fingerprint density at radius 2 is 1.85 bits per heavy atom. The minimum atomic E-state index is -3.57. The molecule has 6 nitrogen and oxygen atoms in total. The Kier molecular flexibility index (Phi) is 4.24. The molecule has 0 bridgehead atoms. The van der Waals surface area contributed by atoms with Crippen molar-refractivity contribution in [2.45, 2.75) is 11.7 Å². The topological polar surface area (TPSA) is 81.1 Å². The molecule has 1 aromatic heterocycles. The number of hydrogen-bond donors (Lipinski definition) is 1. The number of carbonyl (C=O) groups is 1. The molecular formula is C18H13ClFN3O3S. The number of sulfone groups is 1. The van der Waals surface area contributed by atoms with Crippen LogP contribution < -0.4 is 5.32 Å². The number of halogens is 2. The van der Waals surface area contributed by atoms with E-state index in [1.54, 1.807) is 30.3 Å². The summed E-state index contributed by atoms with van der Waals surface area (Å²) >= 11 is 5.90. The number of nitrogens with zero attached hydrogens (tertiary/aromatic N) is 2. The summed E-state index contributed by atoms with van der Waals surface area (Å²) in [6.07, 6.45) is 0. The van der Waals surface area contributed by atoms with Gasteiger partial charge in [0.15, 0.2) is 0 Å². The van der Waals surface area contributed by atoms with E-state index in [0.29, 0.717) is 10.6 Å². The maximum Gasteiger partial charge on any atom is 0.274 e. The molecule has 1 aliphatic heterocycles. The number of aromatic nitrogens is 2. The molecule has 2 heterocycles. The van der Waals surface area contributed by atoms with Gasteiger partial charge in [0.25, 0.3) is 5.91 Å². The first-order chi connectivity index (χ1) is 12.9. The maximum atomic E-state index is 13.9. The van der Waals surface area contributed by atoms with E-state index in [9.17, 15) is 17.6 Å². The van der Waals surface area contributed by atoms with E-state index in [2.05, 4.69) is 10.3 Å². The van der Waals surface area contributed by atoms with Crippen LogP contribution in [-0.4, -0.2) is 29.6 Å². The molecular weight excluding hydrogens is 393 g/mol. The van der Waals surface area contributed by atoms with Crippen LogP contribution in [0.15, 0.2) is 53.7 Å². The van der Waals surface area contributed by atoms with Crippen LogP contribution in [0.4, 0.5) is 10.1 Å². The van der Waals surface area contributed by atoms with Gasteiger partial charge in [-0.3, -0.25) is 4.79 Å². The molecule has 3 aromatic rings. The van der Waals surface area contributed by atoms with Crippen LogP contribution in [0.1, 0.15) is 10.5 Å². The van der Waals surface area contributed by atoms with Gasteiger partial charge in [-0.1, -0.05) is 35.9 Å². The lowest BCUT2D eigenvalue weighted by Gasteiger charge is -2.09. The molecule has 0 spiro atoms. The molecule has 0 radical (unpaired) electrons. The van der Waals surface area contributed by atoms with E-state index in [1.165, 1.54) is 22.8 Å². The zero-order chi connectivity index (χ0) is 19.2. The van der Waals surface area contributed by atoms with Gasteiger partial charge in [0.1, 0.15) is 17.2 Å². The van der Waals surface area contributed by atoms with Crippen molar-refractivity contribution in [3.63, 3.8) is 0 Å². The monoisotopic (exact) mass is 405 g/mol. The lowest BCUT2D eigenvalue weighted by atomic mass is 10.1. The minimum Gasteiger partial charge on any atom is -0.318 e. The molecule has 27 heavy (non-hydrogen) atoms. The summed E-state index contributed by atoms with van der Waals surface area (Å²) in [5, 5.41) is 2.83. The van der Waals surface area contributed by atoms with Gasteiger partial charge in [0.05, 0.1) is 11.4 Å². The fraction of sp³-hybridized carbons (Fsp3) is 0.111. The molecule has 0 aliphatic carbocycles. The summed E-state index contributed by atoms with van der Waals surface area (Å²) in [7, 11) is -3.57. The number of hydrogen-bond acceptors (Lipinski definition) is 4. The number of benzene rings is 2. The molecule has 0 unspecified atom stereocenters. The Hall–Kier alpha value is -2.71. The van der Waals surface area contributed by atoms with Crippen LogP contribution in [0, 0.1) is 5.82 Å². The number of anilines is 1. The van der Waals surface area contributed by atoms with Crippen molar-refractivity contribution in [1.82, 2.24) is 9.55 Å². The van der Waals surface area contributed by atoms with Crippen molar-refractivity contribution in [3.8, 4) is 11.3 Å². The largest absolute Gasteiger partial charge is 0.318 e. The standard InChI is InChI=1S/C18H13ClFN3O3S/c19-12-7-5-11(6-8-12)15-16(23-9-10-27(25,26)18(23)22-15)17(24)21-14-4-2-1-3-13(14)20/h1-8H,9-10H2,(H,21,24). The van der Waals surface area contributed by atoms with Gasteiger partial charge in [0.2, 0.25) is 15.0 Å². The molecule has 1 N–H and O–H groups in total. The predicted octanol–water partition coefficient (Wildman–Crippen LogP) is 3.38. The van der Waals surface area contributed by atoms with E-state index < -0.39 is 21.6 Å². The summed E-state index contributed by atoms with van der Waals surface area (Å²) < 4.78 is 39.8. The molecule has 0 saturated carbocycles. The first-order valence-corrected chi connectivity index (χ1v) is 10.0. The zero-order valence-corrected chi connectivity index (χ0v) is 15.4. The van der Waals surface area contributed by atoms with Crippen molar-refractivity contribution < 1.29 is 17.6 Å². The molecule has 1 amide bonds. The molecule has 1 aliphatic rings. The SMILES string of the molecule is O=C(Nc1ccccc1F)c1c(-c2ccc(Cl)cc2)nc2n1CCS2(=O)=O. The molecule has 0 atom stereocenters. The van der Waals surface area contributed by atoms with E-state index in [-0.39, 0.29) is 34.5 Å². The Labute approximate surface area is 159 Å². The number of amides is 1. The zero-order valence-electron chi connectivity index (χ0n) is 13.8. The summed E-state index contributed by atoms with van der Waals surface area (Å²) in [5.74, 6) is -1.36. The Balaban J connectivity index is 1.85. The fourth-order valence-corrected chi connectivity index (χ4v) is 4.44. The average molecular weight is 406 g/mol. The first kappa shape index (κ1) is 17.7. The summed E-state index contributed by atoms with van der Waals surface area (Å²) in [6, 6.07) is 12.3. The van der Waals surface area contributed by atoms with Crippen molar-refractivity contribution in [2.24, 2.45) is 0 Å². The maximum absolute atomic E-state index is 13.9. The second kappa shape index (κ2) is 6.47. The highest BCUT2D eigenvalue weighted by Crippen LogP contribution is 2.31. The van der Waals surface area contributed by atoms with Gasteiger partial charge < -0.3 is 9.88 Å². The van der Waals surface area contributed by atoms with Gasteiger partial charge in [-0.15, -0.1) is 0 Å². The van der Waals surface area contributed by atoms with Crippen LogP contribution in [0.3, 0.4) is 0 Å². The quantitative estimate of drug-likeness (QED) is 0.724. The minimum absolute atomic E-state index is 0.000889. The van der Waals surface area contributed by atoms with Crippen LogP contribution in [-0.2, 0) is 16.4 Å². The lowest BCUT2D eigenvalue weighted by molar-refractivity contribution is 0.101. The number of fused-ring (bicyclic) bond motifs is 1. The molecule has 2 aromatic carbocycles. The number of nitrogens with one attached hydrogen (secondary N) is 1. The molecule has 0 fully saturated rings. The van der Waals surface area contributed by atoms with Crippen molar-refractivity contribution in [1.29, 1.82) is 0 Å². The Bertz CT molecular complexity index is 1160. The second-order valence-electron chi connectivity index (χ2n) is 6.00. The summed E-state index contributed by atoms with van der Waals surface area (Å²) in [6.45, 7) is 0.109. The number of imidazole rings is 1. The van der Waals surface area contributed by atoms with E-state index >= 15 is 0 Å². The van der Waals surface area contributed by atoms with E-state index in [1.807, 2.05) is 0 Å².